The van der Waals surface area contributed by atoms with Crippen LogP contribution in [0.1, 0.15) is 26.3 Å². The Morgan fingerprint density at radius 2 is 1.87 bits per heavy atom. The third kappa shape index (κ3) is 4.45. The fourth-order valence-corrected chi connectivity index (χ4v) is 2.11. The van der Waals surface area contributed by atoms with Crippen LogP contribution in [-0.2, 0) is 4.74 Å². The number of halogens is 1. The molecule has 0 aliphatic heterocycles. The van der Waals surface area contributed by atoms with Gasteiger partial charge in [0, 0.05) is 5.56 Å². The van der Waals surface area contributed by atoms with Crippen molar-refractivity contribution in [2.75, 3.05) is 11.1 Å². The molecule has 0 saturated carbocycles. The number of nitrogen functional groups attached to an aromatic ring is 1. The number of aryl methyl sites for hydroxylation is 1. The van der Waals surface area contributed by atoms with Crippen molar-refractivity contribution in [3.63, 3.8) is 0 Å². The number of anilines is 2. The smallest absolute Gasteiger partial charge is 0.412 e. The fraction of sp³-hybridized carbons (Fsp3) is 0.278. The number of carbonyl (C=O) groups excluding carboxylic acids is 1. The largest absolute Gasteiger partial charge is 0.444 e. The monoisotopic (exact) mass is 316 g/mol. The summed E-state index contributed by atoms with van der Waals surface area (Å²) in [6, 6.07) is 9.98. The Morgan fingerprint density at radius 1 is 1.17 bits per heavy atom. The highest BCUT2D eigenvalue weighted by molar-refractivity contribution is 5.90. The summed E-state index contributed by atoms with van der Waals surface area (Å²) in [6.07, 6.45) is -0.585. The van der Waals surface area contributed by atoms with Gasteiger partial charge in [0.25, 0.3) is 0 Å². The number of nitrogens with two attached hydrogens (primary N) is 1. The standard InChI is InChI=1S/C18H21FN2O2/c1-11-5-7-13(14(19)9-11)12-6-8-16(15(20)10-12)21-17(22)23-18(2,3)4/h5-10H,20H2,1-4H3,(H,21,22). The van der Waals surface area contributed by atoms with Gasteiger partial charge in [-0.1, -0.05) is 18.2 Å². The molecule has 23 heavy (non-hydrogen) atoms. The number of nitrogens with one attached hydrogen (secondary N) is 1. The van der Waals surface area contributed by atoms with Gasteiger partial charge >= 0.3 is 6.09 Å². The van der Waals surface area contributed by atoms with Crippen molar-refractivity contribution in [3.8, 4) is 11.1 Å². The van der Waals surface area contributed by atoms with E-state index < -0.39 is 11.7 Å². The van der Waals surface area contributed by atoms with Crippen molar-refractivity contribution in [1.29, 1.82) is 0 Å². The third-order valence-electron chi connectivity index (χ3n) is 3.12. The van der Waals surface area contributed by atoms with E-state index in [9.17, 15) is 9.18 Å². The van der Waals surface area contributed by atoms with Crippen LogP contribution in [0.3, 0.4) is 0 Å². The summed E-state index contributed by atoms with van der Waals surface area (Å²) < 4.78 is 19.2. The van der Waals surface area contributed by atoms with Crippen LogP contribution in [0, 0.1) is 12.7 Å². The molecule has 0 atom stereocenters. The van der Waals surface area contributed by atoms with E-state index in [4.69, 9.17) is 10.5 Å². The molecule has 2 aromatic rings. The van der Waals surface area contributed by atoms with Gasteiger partial charge in [-0.15, -0.1) is 0 Å². The van der Waals surface area contributed by atoms with Gasteiger partial charge < -0.3 is 10.5 Å². The molecule has 0 saturated heterocycles. The van der Waals surface area contributed by atoms with Crippen LogP contribution in [0.2, 0.25) is 0 Å². The zero-order chi connectivity index (χ0) is 17.2. The molecule has 1 amide bonds. The second kappa shape index (κ2) is 6.28. The van der Waals surface area contributed by atoms with Crippen LogP contribution < -0.4 is 11.1 Å². The molecule has 2 rings (SSSR count). The Bertz CT molecular complexity index is 736. The first kappa shape index (κ1) is 16.8. The van der Waals surface area contributed by atoms with Gasteiger partial charge in [-0.05, 0) is 57.0 Å². The Labute approximate surface area is 135 Å². The van der Waals surface area contributed by atoms with Crippen LogP contribution in [0.25, 0.3) is 11.1 Å². The second-order valence-corrected chi connectivity index (χ2v) is 6.41. The SMILES string of the molecule is Cc1ccc(-c2ccc(NC(=O)OC(C)(C)C)c(N)c2)c(F)c1. The highest BCUT2D eigenvalue weighted by Crippen LogP contribution is 2.29. The molecular formula is C18H21FN2O2. The van der Waals surface area contributed by atoms with E-state index in [1.54, 1.807) is 45.0 Å². The van der Waals surface area contributed by atoms with Crippen molar-refractivity contribution in [2.45, 2.75) is 33.3 Å². The predicted molar refractivity (Wildman–Crippen MR) is 90.8 cm³/mol. The van der Waals surface area contributed by atoms with E-state index in [0.29, 0.717) is 22.5 Å². The third-order valence-corrected chi connectivity index (χ3v) is 3.12. The van der Waals surface area contributed by atoms with Crippen molar-refractivity contribution in [3.05, 3.63) is 47.8 Å². The average Bonchev–Trinajstić information content (AvgIpc) is 2.39. The first-order chi connectivity index (χ1) is 10.7. The average molecular weight is 316 g/mol. The zero-order valence-corrected chi connectivity index (χ0v) is 13.7. The zero-order valence-electron chi connectivity index (χ0n) is 13.7. The van der Waals surface area contributed by atoms with Crippen molar-refractivity contribution in [2.24, 2.45) is 0 Å². The summed E-state index contributed by atoms with van der Waals surface area (Å²) in [7, 11) is 0. The minimum Gasteiger partial charge on any atom is -0.444 e. The maximum absolute atomic E-state index is 14.0. The number of hydrogen-bond donors (Lipinski definition) is 2. The molecular weight excluding hydrogens is 295 g/mol. The van der Waals surface area contributed by atoms with Crippen molar-refractivity contribution in [1.82, 2.24) is 0 Å². The lowest BCUT2D eigenvalue weighted by molar-refractivity contribution is 0.0636. The van der Waals surface area contributed by atoms with E-state index in [-0.39, 0.29) is 5.82 Å². The predicted octanol–water partition coefficient (Wildman–Crippen LogP) is 4.73. The number of ether oxygens (including phenoxy) is 1. The Morgan fingerprint density at radius 3 is 2.43 bits per heavy atom. The normalized spacial score (nSPS) is 11.2. The van der Waals surface area contributed by atoms with Gasteiger partial charge in [0.05, 0.1) is 11.4 Å². The van der Waals surface area contributed by atoms with Gasteiger partial charge in [0.15, 0.2) is 0 Å². The molecule has 122 valence electrons. The van der Waals surface area contributed by atoms with Crippen molar-refractivity contribution < 1.29 is 13.9 Å². The minimum absolute atomic E-state index is 0.308. The minimum atomic E-state index is -0.593. The molecule has 2 aromatic carbocycles. The molecule has 5 heteroatoms. The number of benzene rings is 2. The Balaban J connectivity index is 2.22. The molecule has 0 fully saturated rings. The molecule has 0 aliphatic carbocycles. The number of carbonyl (C=O) groups is 1. The van der Waals surface area contributed by atoms with Crippen molar-refractivity contribution >= 4 is 17.5 Å². The summed E-state index contributed by atoms with van der Waals surface area (Å²) in [5.41, 5.74) is 8.09. The van der Waals surface area contributed by atoms with Crippen LogP contribution in [0.4, 0.5) is 20.6 Å². The summed E-state index contributed by atoms with van der Waals surface area (Å²) in [6.45, 7) is 7.16. The molecule has 3 N–H and O–H groups in total. The number of amides is 1. The number of rotatable bonds is 2. The highest BCUT2D eigenvalue weighted by Gasteiger charge is 2.17. The lowest BCUT2D eigenvalue weighted by Crippen LogP contribution is -2.27. The van der Waals surface area contributed by atoms with E-state index in [1.165, 1.54) is 6.07 Å². The lowest BCUT2D eigenvalue weighted by Gasteiger charge is -2.20. The molecule has 0 bridgehead atoms. The van der Waals surface area contributed by atoms with Gasteiger partial charge in [-0.2, -0.15) is 0 Å². The van der Waals surface area contributed by atoms with E-state index >= 15 is 0 Å². The summed E-state index contributed by atoms with van der Waals surface area (Å²) in [4.78, 5) is 11.8. The van der Waals surface area contributed by atoms with Crippen LogP contribution in [-0.4, -0.2) is 11.7 Å². The molecule has 0 aliphatic rings. The van der Waals surface area contributed by atoms with E-state index in [2.05, 4.69) is 5.32 Å². The maximum atomic E-state index is 14.0. The Hall–Kier alpha value is -2.56. The topological polar surface area (TPSA) is 64.3 Å². The molecule has 0 aromatic heterocycles. The van der Waals surface area contributed by atoms with Gasteiger partial charge in [0.2, 0.25) is 0 Å². The molecule has 0 heterocycles. The first-order valence-electron chi connectivity index (χ1n) is 7.32. The highest BCUT2D eigenvalue weighted by atomic mass is 19.1. The van der Waals surface area contributed by atoms with Crippen LogP contribution >= 0.6 is 0 Å². The quantitative estimate of drug-likeness (QED) is 0.787. The van der Waals surface area contributed by atoms with Gasteiger partial charge in [-0.3, -0.25) is 5.32 Å². The fourth-order valence-electron chi connectivity index (χ4n) is 2.11. The summed E-state index contributed by atoms with van der Waals surface area (Å²) >= 11 is 0. The molecule has 0 radical (unpaired) electrons. The first-order valence-corrected chi connectivity index (χ1v) is 7.32. The van der Waals surface area contributed by atoms with Gasteiger partial charge in [0.1, 0.15) is 11.4 Å². The van der Waals surface area contributed by atoms with Crippen LogP contribution in [0.5, 0.6) is 0 Å². The van der Waals surface area contributed by atoms with Crippen LogP contribution in [0.15, 0.2) is 36.4 Å². The van der Waals surface area contributed by atoms with E-state index in [0.717, 1.165) is 5.56 Å². The maximum Gasteiger partial charge on any atom is 0.412 e. The van der Waals surface area contributed by atoms with E-state index in [1.807, 2.05) is 13.0 Å². The molecule has 4 nitrogen and oxygen atoms in total. The molecule has 0 spiro atoms. The lowest BCUT2D eigenvalue weighted by atomic mass is 10.0. The second-order valence-electron chi connectivity index (χ2n) is 6.41. The summed E-state index contributed by atoms with van der Waals surface area (Å²) in [5.74, 6) is -0.308. The molecule has 0 unspecified atom stereocenters. The Kier molecular flexibility index (Phi) is 4.59. The van der Waals surface area contributed by atoms with Gasteiger partial charge in [-0.25, -0.2) is 9.18 Å². The number of hydrogen-bond acceptors (Lipinski definition) is 3. The summed E-state index contributed by atoms with van der Waals surface area (Å²) in [5, 5.41) is 2.59.